The molecule has 0 aliphatic rings. The first kappa shape index (κ1) is 10.8. The summed E-state index contributed by atoms with van der Waals surface area (Å²) in [6, 6.07) is 5.26. The summed E-state index contributed by atoms with van der Waals surface area (Å²) in [5.74, 6) is -2.40. The molecule has 0 heterocycles. The van der Waals surface area contributed by atoms with Crippen LogP contribution >= 0.6 is 0 Å². The first-order valence-electron chi connectivity index (χ1n) is 3.98. The molecule has 15 heavy (non-hydrogen) atoms. The summed E-state index contributed by atoms with van der Waals surface area (Å²) in [7, 11) is 0. The van der Waals surface area contributed by atoms with Gasteiger partial charge in [-0.15, -0.1) is 0 Å². The summed E-state index contributed by atoms with van der Waals surface area (Å²) in [5.41, 5.74) is 4.82. The number of phenols is 1. The van der Waals surface area contributed by atoms with E-state index in [9.17, 15) is 9.59 Å². The molecule has 1 rings (SSSR count). The zero-order chi connectivity index (χ0) is 11.4. The van der Waals surface area contributed by atoms with E-state index in [1.807, 2.05) is 0 Å². The first-order chi connectivity index (χ1) is 7.00. The molecule has 0 spiro atoms. The Morgan fingerprint density at radius 2 is 1.80 bits per heavy atom. The molecule has 4 N–H and O–H groups in total. The van der Waals surface area contributed by atoms with Gasteiger partial charge in [-0.3, -0.25) is 4.79 Å². The predicted molar refractivity (Wildman–Crippen MR) is 49.4 cm³/mol. The number of hydrogen-bond donors (Lipinski definition) is 3. The van der Waals surface area contributed by atoms with Crippen molar-refractivity contribution in [2.24, 2.45) is 5.73 Å². The van der Waals surface area contributed by atoms with Gasteiger partial charge < -0.3 is 20.7 Å². The van der Waals surface area contributed by atoms with Gasteiger partial charge in [-0.1, -0.05) is 0 Å². The second-order valence-electron chi connectivity index (χ2n) is 2.73. The standard InChI is InChI=1S/C9H9NO5/c10-8(12)7(9(13)14)15-6-3-1-5(11)2-4-6/h1-4,7,11H,(H2,10,12)(H,13,14). The maximum atomic E-state index is 10.7. The highest BCUT2D eigenvalue weighted by Crippen LogP contribution is 2.17. The molecule has 1 aromatic carbocycles. The maximum absolute atomic E-state index is 10.7. The van der Waals surface area contributed by atoms with E-state index in [2.05, 4.69) is 0 Å². The molecule has 0 aliphatic carbocycles. The molecule has 0 aromatic heterocycles. The molecule has 0 fully saturated rings. The van der Waals surface area contributed by atoms with E-state index in [0.717, 1.165) is 0 Å². The molecule has 0 aliphatic heterocycles. The minimum atomic E-state index is -1.73. The molecule has 0 saturated heterocycles. The normalized spacial score (nSPS) is 11.7. The van der Waals surface area contributed by atoms with Crippen molar-refractivity contribution in [3.05, 3.63) is 24.3 Å². The van der Waals surface area contributed by atoms with Crippen molar-refractivity contribution in [2.45, 2.75) is 6.10 Å². The van der Waals surface area contributed by atoms with Crippen molar-refractivity contribution in [3.8, 4) is 11.5 Å². The van der Waals surface area contributed by atoms with Crippen LogP contribution in [0.3, 0.4) is 0 Å². The van der Waals surface area contributed by atoms with Crippen LogP contribution in [0.2, 0.25) is 0 Å². The monoisotopic (exact) mass is 211 g/mol. The average molecular weight is 211 g/mol. The molecule has 0 bridgehead atoms. The number of benzene rings is 1. The van der Waals surface area contributed by atoms with E-state index in [1.165, 1.54) is 24.3 Å². The number of hydrogen-bond acceptors (Lipinski definition) is 4. The molecule has 1 aromatic rings. The second-order valence-corrected chi connectivity index (χ2v) is 2.73. The Balaban J connectivity index is 2.79. The Morgan fingerprint density at radius 1 is 1.27 bits per heavy atom. The van der Waals surface area contributed by atoms with E-state index < -0.39 is 18.0 Å². The predicted octanol–water partition coefficient (Wildman–Crippen LogP) is -0.291. The molecule has 6 heteroatoms. The fourth-order valence-corrected chi connectivity index (χ4v) is 0.891. The van der Waals surface area contributed by atoms with Gasteiger partial charge in [0.05, 0.1) is 0 Å². The lowest BCUT2D eigenvalue weighted by Gasteiger charge is -2.11. The lowest BCUT2D eigenvalue weighted by molar-refractivity contribution is -0.149. The number of phenolic OH excluding ortho intramolecular Hbond substituents is 1. The number of amides is 1. The molecule has 6 nitrogen and oxygen atoms in total. The van der Waals surface area contributed by atoms with E-state index in [-0.39, 0.29) is 11.5 Å². The molecule has 1 unspecified atom stereocenters. The van der Waals surface area contributed by atoms with Crippen LogP contribution < -0.4 is 10.5 Å². The number of primary amides is 1. The zero-order valence-electron chi connectivity index (χ0n) is 7.58. The first-order valence-corrected chi connectivity index (χ1v) is 3.98. The number of carboxylic acids is 1. The molecule has 0 radical (unpaired) electrons. The van der Waals surface area contributed by atoms with E-state index in [0.29, 0.717) is 0 Å². The Bertz CT molecular complexity index is 359. The van der Waals surface area contributed by atoms with E-state index in [4.69, 9.17) is 20.7 Å². The van der Waals surface area contributed by atoms with Gasteiger partial charge in [0, 0.05) is 0 Å². The van der Waals surface area contributed by atoms with Gasteiger partial charge in [0.2, 0.25) is 0 Å². The second kappa shape index (κ2) is 4.32. The van der Waals surface area contributed by atoms with Crippen LogP contribution in [0.4, 0.5) is 0 Å². The Kier molecular flexibility index (Phi) is 3.12. The molecule has 80 valence electrons. The fourth-order valence-electron chi connectivity index (χ4n) is 0.891. The number of rotatable bonds is 4. The van der Waals surface area contributed by atoms with Crippen molar-refractivity contribution in [1.82, 2.24) is 0 Å². The number of aliphatic carboxylic acids is 1. The summed E-state index contributed by atoms with van der Waals surface area (Å²) in [6.07, 6.45) is -1.73. The topological polar surface area (TPSA) is 110 Å². The average Bonchev–Trinajstić information content (AvgIpc) is 2.15. The lowest BCUT2D eigenvalue weighted by atomic mass is 10.3. The third kappa shape index (κ3) is 2.87. The van der Waals surface area contributed by atoms with Gasteiger partial charge in [-0.25, -0.2) is 4.79 Å². The van der Waals surface area contributed by atoms with Gasteiger partial charge >= 0.3 is 5.97 Å². The van der Waals surface area contributed by atoms with Crippen LogP contribution in [-0.4, -0.2) is 28.2 Å². The minimum Gasteiger partial charge on any atom is -0.508 e. The van der Waals surface area contributed by atoms with Crippen LogP contribution in [0.1, 0.15) is 0 Å². The van der Waals surface area contributed by atoms with Gasteiger partial charge in [0.25, 0.3) is 12.0 Å². The van der Waals surface area contributed by atoms with Gasteiger partial charge in [-0.2, -0.15) is 0 Å². The fraction of sp³-hybridized carbons (Fsp3) is 0.111. The van der Waals surface area contributed by atoms with Crippen molar-refractivity contribution < 1.29 is 24.5 Å². The molecular formula is C9H9NO5. The van der Waals surface area contributed by atoms with Crippen LogP contribution in [-0.2, 0) is 9.59 Å². The number of aromatic hydroxyl groups is 1. The van der Waals surface area contributed by atoms with Crippen LogP contribution in [0, 0.1) is 0 Å². The van der Waals surface area contributed by atoms with Crippen molar-refractivity contribution in [3.63, 3.8) is 0 Å². The zero-order valence-corrected chi connectivity index (χ0v) is 7.58. The number of nitrogens with two attached hydrogens (primary N) is 1. The summed E-state index contributed by atoms with van der Waals surface area (Å²) in [6.45, 7) is 0. The Morgan fingerprint density at radius 3 is 2.20 bits per heavy atom. The SMILES string of the molecule is NC(=O)C(Oc1ccc(O)cc1)C(=O)O. The van der Waals surface area contributed by atoms with Gasteiger partial charge in [-0.05, 0) is 24.3 Å². The highest BCUT2D eigenvalue weighted by molar-refractivity contribution is 5.99. The third-order valence-electron chi connectivity index (χ3n) is 1.57. The largest absolute Gasteiger partial charge is 0.508 e. The number of carbonyl (C=O) groups excluding carboxylic acids is 1. The summed E-state index contributed by atoms with van der Waals surface area (Å²) >= 11 is 0. The minimum absolute atomic E-state index is 0.00769. The van der Waals surface area contributed by atoms with Gasteiger partial charge in [0.1, 0.15) is 11.5 Å². The highest BCUT2D eigenvalue weighted by Gasteiger charge is 2.25. The molecule has 0 saturated carbocycles. The number of carbonyl (C=O) groups is 2. The smallest absolute Gasteiger partial charge is 0.354 e. The quantitative estimate of drug-likeness (QED) is 0.593. The van der Waals surface area contributed by atoms with Crippen LogP contribution in [0.25, 0.3) is 0 Å². The maximum Gasteiger partial charge on any atom is 0.354 e. The number of ether oxygens (including phenoxy) is 1. The van der Waals surface area contributed by atoms with Crippen molar-refractivity contribution >= 4 is 11.9 Å². The van der Waals surface area contributed by atoms with Gasteiger partial charge in [0.15, 0.2) is 0 Å². The van der Waals surface area contributed by atoms with Crippen molar-refractivity contribution in [1.29, 1.82) is 0 Å². The molecular weight excluding hydrogens is 202 g/mol. The molecule has 1 atom stereocenters. The third-order valence-corrected chi connectivity index (χ3v) is 1.57. The number of carboxylic acid groups (broad SMARTS) is 1. The summed E-state index contributed by atoms with van der Waals surface area (Å²) in [4.78, 5) is 21.2. The summed E-state index contributed by atoms with van der Waals surface area (Å²) in [5, 5.41) is 17.5. The van der Waals surface area contributed by atoms with Crippen LogP contribution in [0.5, 0.6) is 11.5 Å². The molecule has 1 amide bonds. The van der Waals surface area contributed by atoms with E-state index >= 15 is 0 Å². The Hall–Kier alpha value is -2.24. The highest BCUT2D eigenvalue weighted by atomic mass is 16.5. The van der Waals surface area contributed by atoms with Crippen LogP contribution in [0.15, 0.2) is 24.3 Å². The lowest BCUT2D eigenvalue weighted by Crippen LogP contribution is -2.40. The Labute approximate surface area is 84.9 Å². The van der Waals surface area contributed by atoms with Crippen molar-refractivity contribution in [2.75, 3.05) is 0 Å². The van der Waals surface area contributed by atoms with E-state index in [1.54, 1.807) is 0 Å². The summed E-state index contributed by atoms with van der Waals surface area (Å²) < 4.78 is 4.81.